The summed E-state index contributed by atoms with van der Waals surface area (Å²) in [6.07, 6.45) is 1.85. The lowest BCUT2D eigenvalue weighted by molar-refractivity contribution is 1.11. The van der Waals surface area contributed by atoms with Crippen molar-refractivity contribution < 1.29 is 0 Å². The average Bonchev–Trinajstić information content (AvgIpc) is 2.87. The van der Waals surface area contributed by atoms with Gasteiger partial charge in [-0.3, -0.25) is 5.10 Å². The molecule has 0 unspecified atom stereocenters. The van der Waals surface area contributed by atoms with Crippen molar-refractivity contribution in [2.75, 3.05) is 5.32 Å². The number of nitrogens with one attached hydrogen (secondary N) is 2. The zero-order valence-electron chi connectivity index (χ0n) is 11.2. The van der Waals surface area contributed by atoms with Gasteiger partial charge in [0.05, 0.1) is 11.7 Å². The second-order valence-corrected chi connectivity index (χ2v) is 4.96. The second-order valence-electron chi connectivity index (χ2n) is 4.96. The fraction of sp³-hybridized carbons (Fsp3) is 0.188. The van der Waals surface area contributed by atoms with E-state index in [0.717, 1.165) is 23.1 Å². The molecule has 0 radical (unpaired) electrons. The zero-order chi connectivity index (χ0) is 13.2. The van der Waals surface area contributed by atoms with Gasteiger partial charge in [0.2, 0.25) is 0 Å². The summed E-state index contributed by atoms with van der Waals surface area (Å²) in [5, 5.41) is 11.6. The van der Waals surface area contributed by atoms with Crippen LogP contribution in [0.25, 0.3) is 10.9 Å². The molecular formula is C16H17N3. The Morgan fingerprint density at radius 3 is 2.89 bits per heavy atom. The van der Waals surface area contributed by atoms with Crippen LogP contribution in [0.5, 0.6) is 0 Å². The summed E-state index contributed by atoms with van der Waals surface area (Å²) >= 11 is 0. The van der Waals surface area contributed by atoms with Crippen molar-refractivity contribution in [1.29, 1.82) is 0 Å². The summed E-state index contributed by atoms with van der Waals surface area (Å²) in [5.74, 6) is 0. The zero-order valence-corrected chi connectivity index (χ0v) is 11.2. The molecule has 0 amide bonds. The Labute approximate surface area is 112 Å². The van der Waals surface area contributed by atoms with E-state index >= 15 is 0 Å². The van der Waals surface area contributed by atoms with Gasteiger partial charge in [-0.25, -0.2) is 0 Å². The maximum Gasteiger partial charge on any atom is 0.0651 e. The largest absolute Gasteiger partial charge is 0.381 e. The van der Waals surface area contributed by atoms with Crippen LogP contribution in [-0.4, -0.2) is 10.2 Å². The molecule has 1 heterocycles. The van der Waals surface area contributed by atoms with Crippen molar-refractivity contribution in [2.45, 2.75) is 20.4 Å². The lowest BCUT2D eigenvalue weighted by atomic mass is 10.1. The summed E-state index contributed by atoms with van der Waals surface area (Å²) in [6, 6.07) is 12.8. The minimum Gasteiger partial charge on any atom is -0.381 e. The molecule has 0 fully saturated rings. The van der Waals surface area contributed by atoms with Crippen molar-refractivity contribution >= 4 is 16.6 Å². The summed E-state index contributed by atoms with van der Waals surface area (Å²) in [6.45, 7) is 5.12. The summed E-state index contributed by atoms with van der Waals surface area (Å²) < 4.78 is 0. The van der Waals surface area contributed by atoms with Gasteiger partial charge in [-0.2, -0.15) is 5.10 Å². The van der Waals surface area contributed by atoms with Crippen LogP contribution in [0.3, 0.4) is 0 Å². The maximum atomic E-state index is 4.03. The number of benzene rings is 2. The van der Waals surface area contributed by atoms with Crippen LogP contribution in [0.4, 0.5) is 5.69 Å². The Morgan fingerprint density at radius 1 is 1.11 bits per heavy atom. The van der Waals surface area contributed by atoms with E-state index in [4.69, 9.17) is 0 Å². The van der Waals surface area contributed by atoms with Gasteiger partial charge in [0.1, 0.15) is 0 Å². The van der Waals surface area contributed by atoms with E-state index in [-0.39, 0.29) is 0 Å². The van der Waals surface area contributed by atoms with Gasteiger partial charge in [0, 0.05) is 17.6 Å². The fourth-order valence-corrected chi connectivity index (χ4v) is 2.24. The van der Waals surface area contributed by atoms with Crippen molar-refractivity contribution in [2.24, 2.45) is 0 Å². The van der Waals surface area contributed by atoms with Crippen molar-refractivity contribution in [1.82, 2.24) is 10.2 Å². The number of H-pyrrole nitrogens is 1. The quantitative estimate of drug-likeness (QED) is 0.743. The number of rotatable bonds is 3. The average molecular weight is 251 g/mol. The van der Waals surface area contributed by atoms with E-state index in [2.05, 4.69) is 59.7 Å². The highest BCUT2D eigenvalue weighted by atomic mass is 15.1. The topological polar surface area (TPSA) is 40.7 Å². The number of nitrogens with zero attached hydrogens (tertiary/aromatic N) is 1. The molecule has 0 atom stereocenters. The molecule has 0 aliphatic heterocycles. The van der Waals surface area contributed by atoms with Gasteiger partial charge in [-0.15, -0.1) is 0 Å². The van der Waals surface area contributed by atoms with Crippen molar-refractivity contribution in [3.05, 3.63) is 59.3 Å². The highest BCUT2D eigenvalue weighted by molar-refractivity contribution is 5.81. The fourth-order valence-electron chi connectivity index (χ4n) is 2.24. The Balaban J connectivity index is 1.79. The molecule has 0 bridgehead atoms. The second kappa shape index (κ2) is 4.76. The lowest BCUT2D eigenvalue weighted by Gasteiger charge is -2.10. The molecule has 3 rings (SSSR count). The van der Waals surface area contributed by atoms with Crippen LogP contribution in [0.2, 0.25) is 0 Å². The molecular weight excluding hydrogens is 234 g/mol. The number of anilines is 1. The first kappa shape index (κ1) is 11.8. The molecule has 0 aliphatic carbocycles. The van der Waals surface area contributed by atoms with Gasteiger partial charge in [0.15, 0.2) is 0 Å². The lowest BCUT2D eigenvalue weighted by Crippen LogP contribution is -2.01. The summed E-state index contributed by atoms with van der Waals surface area (Å²) in [7, 11) is 0. The molecule has 3 aromatic rings. The van der Waals surface area contributed by atoms with E-state index in [1.807, 2.05) is 12.3 Å². The van der Waals surface area contributed by atoms with Gasteiger partial charge < -0.3 is 5.32 Å². The normalized spacial score (nSPS) is 10.8. The Bertz CT molecular complexity index is 713. The Morgan fingerprint density at radius 2 is 2.00 bits per heavy atom. The van der Waals surface area contributed by atoms with E-state index in [1.165, 1.54) is 16.7 Å². The molecule has 0 aliphatic rings. The van der Waals surface area contributed by atoms with Gasteiger partial charge in [-0.05, 0) is 43.2 Å². The molecule has 19 heavy (non-hydrogen) atoms. The molecule has 3 heteroatoms. The highest BCUT2D eigenvalue weighted by Gasteiger charge is 2.01. The predicted molar refractivity (Wildman–Crippen MR) is 79.3 cm³/mol. The summed E-state index contributed by atoms with van der Waals surface area (Å²) in [4.78, 5) is 0. The predicted octanol–water partition coefficient (Wildman–Crippen LogP) is 3.79. The van der Waals surface area contributed by atoms with Gasteiger partial charge >= 0.3 is 0 Å². The number of aromatic amines is 1. The molecule has 1 aromatic heterocycles. The summed E-state index contributed by atoms with van der Waals surface area (Å²) in [5.41, 5.74) is 6.15. The number of hydrogen-bond donors (Lipinski definition) is 2. The van der Waals surface area contributed by atoms with E-state index in [9.17, 15) is 0 Å². The standard InChI is InChI=1S/C16H17N3/c1-11-3-4-12(2)13(7-11)9-17-15-5-6-16-14(8-15)10-18-19-16/h3-8,10,17H,9H2,1-2H3,(H,18,19). The minimum atomic E-state index is 0.844. The van der Waals surface area contributed by atoms with Crippen LogP contribution in [0.1, 0.15) is 16.7 Å². The molecule has 2 N–H and O–H groups in total. The van der Waals surface area contributed by atoms with Gasteiger partial charge in [0.25, 0.3) is 0 Å². The SMILES string of the molecule is Cc1ccc(C)c(CNc2ccc3[nH]ncc3c2)c1. The smallest absolute Gasteiger partial charge is 0.0651 e. The maximum absolute atomic E-state index is 4.03. The number of hydrogen-bond acceptors (Lipinski definition) is 2. The van der Waals surface area contributed by atoms with E-state index in [1.54, 1.807) is 0 Å². The minimum absolute atomic E-state index is 0.844. The van der Waals surface area contributed by atoms with Crippen LogP contribution in [-0.2, 0) is 6.54 Å². The van der Waals surface area contributed by atoms with Crippen molar-refractivity contribution in [3.8, 4) is 0 Å². The van der Waals surface area contributed by atoms with Crippen LogP contribution >= 0.6 is 0 Å². The highest BCUT2D eigenvalue weighted by Crippen LogP contribution is 2.18. The van der Waals surface area contributed by atoms with Crippen LogP contribution < -0.4 is 5.32 Å². The Kier molecular flexibility index (Phi) is 2.95. The van der Waals surface area contributed by atoms with Crippen LogP contribution in [0, 0.1) is 13.8 Å². The number of aryl methyl sites for hydroxylation is 2. The number of aromatic nitrogens is 2. The molecule has 2 aromatic carbocycles. The van der Waals surface area contributed by atoms with Crippen molar-refractivity contribution in [3.63, 3.8) is 0 Å². The number of fused-ring (bicyclic) bond motifs is 1. The molecule has 96 valence electrons. The third-order valence-corrected chi connectivity index (χ3v) is 3.43. The monoisotopic (exact) mass is 251 g/mol. The van der Waals surface area contributed by atoms with E-state index in [0.29, 0.717) is 0 Å². The first-order valence-electron chi connectivity index (χ1n) is 6.45. The third-order valence-electron chi connectivity index (χ3n) is 3.43. The van der Waals surface area contributed by atoms with Crippen LogP contribution in [0.15, 0.2) is 42.6 Å². The first-order valence-corrected chi connectivity index (χ1v) is 6.45. The molecule has 0 saturated heterocycles. The molecule has 0 saturated carbocycles. The molecule has 3 nitrogen and oxygen atoms in total. The Hall–Kier alpha value is -2.29. The van der Waals surface area contributed by atoms with E-state index < -0.39 is 0 Å². The van der Waals surface area contributed by atoms with Gasteiger partial charge in [-0.1, -0.05) is 23.8 Å². The molecule has 0 spiro atoms. The third kappa shape index (κ3) is 2.45. The first-order chi connectivity index (χ1) is 9.22.